The highest BCUT2D eigenvalue weighted by Crippen LogP contribution is 2.21. The van der Waals surface area contributed by atoms with E-state index in [1.165, 1.54) is 32.1 Å². The van der Waals surface area contributed by atoms with E-state index >= 15 is 0 Å². The standard InChI is InChI=1S/C18H29N3O/c1-21(16-11-6-3-7-12-16)14-8-13-20-18(22)17(19)15-9-4-2-5-10-15/h2,4-5,9-10,16-17H,3,6-8,11-14,19H2,1H3,(H,20,22). The molecule has 1 atom stereocenters. The van der Waals surface area contributed by atoms with E-state index in [0.29, 0.717) is 6.54 Å². The third-order valence-electron chi connectivity index (χ3n) is 4.63. The van der Waals surface area contributed by atoms with E-state index in [0.717, 1.165) is 24.6 Å². The Hall–Kier alpha value is -1.39. The molecule has 1 fully saturated rings. The predicted octanol–water partition coefficient (Wildman–Crippen LogP) is 2.46. The van der Waals surface area contributed by atoms with Gasteiger partial charge in [0, 0.05) is 12.6 Å². The van der Waals surface area contributed by atoms with Crippen molar-refractivity contribution in [3.8, 4) is 0 Å². The molecule has 22 heavy (non-hydrogen) atoms. The minimum absolute atomic E-state index is 0.0912. The highest BCUT2D eigenvalue weighted by Gasteiger charge is 2.18. The molecule has 0 spiro atoms. The van der Waals surface area contributed by atoms with Gasteiger partial charge in [0.05, 0.1) is 0 Å². The molecule has 4 nitrogen and oxygen atoms in total. The van der Waals surface area contributed by atoms with E-state index in [4.69, 9.17) is 5.73 Å². The zero-order valence-electron chi connectivity index (χ0n) is 13.6. The molecule has 1 aliphatic carbocycles. The molecule has 4 heteroatoms. The first kappa shape index (κ1) is 17.0. The average Bonchev–Trinajstić information content (AvgIpc) is 2.59. The lowest BCUT2D eigenvalue weighted by Gasteiger charge is -2.31. The lowest BCUT2D eigenvalue weighted by atomic mass is 9.94. The predicted molar refractivity (Wildman–Crippen MR) is 90.5 cm³/mol. The van der Waals surface area contributed by atoms with E-state index in [2.05, 4.69) is 17.3 Å². The number of carbonyl (C=O) groups is 1. The lowest BCUT2D eigenvalue weighted by molar-refractivity contribution is -0.122. The van der Waals surface area contributed by atoms with Crippen LogP contribution in [0.5, 0.6) is 0 Å². The minimum atomic E-state index is -0.572. The van der Waals surface area contributed by atoms with E-state index in [1.54, 1.807) is 0 Å². The van der Waals surface area contributed by atoms with Crippen LogP contribution in [0.3, 0.4) is 0 Å². The van der Waals surface area contributed by atoms with Crippen LogP contribution in [0.15, 0.2) is 30.3 Å². The molecule has 1 amide bonds. The number of carbonyl (C=O) groups excluding carboxylic acids is 1. The van der Waals surface area contributed by atoms with Crippen LogP contribution in [0.4, 0.5) is 0 Å². The normalized spacial score (nSPS) is 17.4. The third-order valence-corrected chi connectivity index (χ3v) is 4.63. The van der Waals surface area contributed by atoms with Crippen LogP contribution >= 0.6 is 0 Å². The molecule has 1 unspecified atom stereocenters. The number of nitrogens with two attached hydrogens (primary N) is 1. The van der Waals surface area contributed by atoms with Crippen molar-refractivity contribution in [2.45, 2.75) is 50.6 Å². The first-order valence-corrected chi connectivity index (χ1v) is 8.47. The van der Waals surface area contributed by atoms with Crippen LogP contribution in [0.25, 0.3) is 0 Å². The maximum Gasteiger partial charge on any atom is 0.241 e. The van der Waals surface area contributed by atoms with Crippen molar-refractivity contribution in [3.05, 3.63) is 35.9 Å². The topological polar surface area (TPSA) is 58.4 Å². The Morgan fingerprint density at radius 2 is 1.95 bits per heavy atom. The van der Waals surface area contributed by atoms with Crippen molar-refractivity contribution in [2.24, 2.45) is 5.73 Å². The van der Waals surface area contributed by atoms with Gasteiger partial charge >= 0.3 is 0 Å². The molecule has 0 saturated heterocycles. The summed E-state index contributed by atoms with van der Waals surface area (Å²) in [6.45, 7) is 1.72. The van der Waals surface area contributed by atoms with Gasteiger partial charge < -0.3 is 16.0 Å². The molecule has 0 aliphatic heterocycles. The molecule has 122 valence electrons. The number of rotatable bonds is 7. The largest absolute Gasteiger partial charge is 0.354 e. The zero-order valence-corrected chi connectivity index (χ0v) is 13.6. The van der Waals surface area contributed by atoms with Crippen molar-refractivity contribution in [1.82, 2.24) is 10.2 Å². The van der Waals surface area contributed by atoms with Gasteiger partial charge in [-0.25, -0.2) is 0 Å². The highest BCUT2D eigenvalue weighted by atomic mass is 16.2. The van der Waals surface area contributed by atoms with Gasteiger partial charge in [0.25, 0.3) is 0 Å². The maximum atomic E-state index is 12.0. The number of nitrogens with zero attached hydrogens (tertiary/aromatic N) is 1. The lowest BCUT2D eigenvalue weighted by Crippen LogP contribution is -2.38. The smallest absolute Gasteiger partial charge is 0.241 e. The summed E-state index contributed by atoms with van der Waals surface area (Å²) < 4.78 is 0. The summed E-state index contributed by atoms with van der Waals surface area (Å²) in [5.41, 5.74) is 6.84. The summed E-state index contributed by atoms with van der Waals surface area (Å²) >= 11 is 0. The second-order valence-electron chi connectivity index (χ2n) is 6.31. The monoisotopic (exact) mass is 303 g/mol. The van der Waals surface area contributed by atoms with E-state index in [-0.39, 0.29) is 5.91 Å². The van der Waals surface area contributed by atoms with Crippen molar-refractivity contribution in [1.29, 1.82) is 0 Å². The fourth-order valence-electron chi connectivity index (χ4n) is 3.17. The van der Waals surface area contributed by atoms with Gasteiger partial charge in [-0.05, 0) is 38.4 Å². The maximum absolute atomic E-state index is 12.0. The summed E-state index contributed by atoms with van der Waals surface area (Å²) in [5, 5.41) is 2.95. The van der Waals surface area contributed by atoms with Crippen LogP contribution in [-0.2, 0) is 4.79 Å². The molecular formula is C18H29N3O. The molecule has 2 rings (SSSR count). The first-order valence-electron chi connectivity index (χ1n) is 8.47. The zero-order chi connectivity index (χ0) is 15.8. The Balaban J connectivity index is 1.64. The highest BCUT2D eigenvalue weighted by molar-refractivity contribution is 5.82. The van der Waals surface area contributed by atoms with Gasteiger partial charge in [0.1, 0.15) is 6.04 Å². The van der Waals surface area contributed by atoms with Crippen LogP contribution in [0, 0.1) is 0 Å². The Bertz CT molecular complexity index is 443. The van der Waals surface area contributed by atoms with Crippen LogP contribution in [0.2, 0.25) is 0 Å². The summed E-state index contributed by atoms with van der Waals surface area (Å²) in [6, 6.07) is 9.67. The molecular weight excluding hydrogens is 274 g/mol. The average molecular weight is 303 g/mol. The van der Waals surface area contributed by atoms with E-state index in [9.17, 15) is 4.79 Å². The molecule has 3 N–H and O–H groups in total. The fourth-order valence-corrected chi connectivity index (χ4v) is 3.17. The summed E-state index contributed by atoms with van der Waals surface area (Å²) in [5.74, 6) is -0.0912. The molecule has 0 radical (unpaired) electrons. The molecule has 1 aromatic carbocycles. The molecule has 1 saturated carbocycles. The molecule has 1 aliphatic rings. The Morgan fingerprint density at radius 1 is 1.27 bits per heavy atom. The van der Waals surface area contributed by atoms with E-state index in [1.807, 2.05) is 30.3 Å². The van der Waals surface area contributed by atoms with Gasteiger partial charge in [-0.15, -0.1) is 0 Å². The molecule has 0 aromatic heterocycles. The van der Waals surface area contributed by atoms with Gasteiger partial charge in [0.2, 0.25) is 5.91 Å². The Labute approximate surface area is 134 Å². The van der Waals surface area contributed by atoms with Crippen LogP contribution < -0.4 is 11.1 Å². The minimum Gasteiger partial charge on any atom is -0.354 e. The SMILES string of the molecule is CN(CCCNC(=O)C(N)c1ccccc1)C1CCCCC1. The van der Waals surface area contributed by atoms with Gasteiger partial charge in [0.15, 0.2) is 0 Å². The Morgan fingerprint density at radius 3 is 2.64 bits per heavy atom. The Kier molecular flexibility index (Phi) is 6.87. The van der Waals surface area contributed by atoms with Crippen molar-refractivity contribution >= 4 is 5.91 Å². The quantitative estimate of drug-likeness (QED) is 0.761. The van der Waals surface area contributed by atoms with E-state index < -0.39 is 6.04 Å². The molecule has 0 heterocycles. The van der Waals surface area contributed by atoms with Gasteiger partial charge in [-0.1, -0.05) is 49.6 Å². The van der Waals surface area contributed by atoms with Gasteiger partial charge in [-0.3, -0.25) is 4.79 Å². The second kappa shape index (κ2) is 8.91. The van der Waals surface area contributed by atoms with Crippen LogP contribution in [-0.4, -0.2) is 37.0 Å². The number of benzene rings is 1. The molecule has 0 bridgehead atoms. The van der Waals surface area contributed by atoms with Crippen molar-refractivity contribution in [2.75, 3.05) is 20.1 Å². The van der Waals surface area contributed by atoms with Crippen LogP contribution in [0.1, 0.15) is 50.1 Å². The second-order valence-corrected chi connectivity index (χ2v) is 6.31. The van der Waals surface area contributed by atoms with Gasteiger partial charge in [-0.2, -0.15) is 0 Å². The summed E-state index contributed by atoms with van der Waals surface area (Å²) in [7, 11) is 2.20. The first-order chi connectivity index (χ1) is 10.7. The fraction of sp³-hybridized carbons (Fsp3) is 0.611. The third kappa shape index (κ3) is 5.11. The summed E-state index contributed by atoms with van der Waals surface area (Å²) in [4.78, 5) is 14.5. The van der Waals surface area contributed by atoms with Crippen molar-refractivity contribution < 1.29 is 4.79 Å². The summed E-state index contributed by atoms with van der Waals surface area (Å²) in [6.07, 6.45) is 7.72. The number of hydrogen-bond acceptors (Lipinski definition) is 3. The molecule has 1 aromatic rings. The van der Waals surface area contributed by atoms with Crippen molar-refractivity contribution in [3.63, 3.8) is 0 Å². The number of amides is 1. The number of nitrogens with one attached hydrogen (secondary N) is 1. The number of hydrogen-bond donors (Lipinski definition) is 2.